The van der Waals surface area contributed by atoms with Gasteiger partial charge in [0.1, 0.15) is 5.82 Å². The highest BCUT2D eigenvalue weighted by molar-refractivity contribution is 9.10. The predicted octanol–water partition coefficient (Wildman–Crippen LogP) is 4.30. The second-order valence-corrected chi connectivity index (χ2v) is 5.05. The summed E-state index contributed by atoms with van der Waals surface area (Å²) < 4.78 is 14.7. The van der Waals surface area contributed by atoms with Crippen molar-refractivity contribution in [3.63, 3.8) is 0 Å². The minimum Gasteiger partial charge on any atom is -0.377 e. The number of nitrogens with one attached hydrogen (secondary N) is 1. The Kier molecular flexibility index (Phi) is 2.63. The molecule has 0 saturated carbocycles. The first kappa shape index (κ1) is 10.8. The van der Waals surface area contributed by atoms with E-state index in [4.69, 9.17) is 0 Å². The number of hydrogen-bond donors (Lipinski definition) is 1. The number of hydrogen-bond acceptors (Lipinski definition) is 1. The van der Waals surface area contributed by atoms with Gasteiger partial charge in [-0.3, -0.25) is 0 Å². The number of rotatable bonds is 1. The first-order chi connectivity index (χ1) is 8.25. The van der Waals surface area contributed by atoms with Gasteiger partial charge in [0, 0.05) is 10.0 Å². The average molecular weight is 292 g/mol. The van der Waals surface area contributed by atoms with Crippen LogP contribution in [0, 0.1) is 5.82 Å². The van der Waals surface area contributed by atoms with Crippen LogP contribution in [0.3, 0.4) is 0 Å². The van der Waals surface area contributed by atoms with Gasteiger partial charge in [-0.05, 0) is 40.0 Å². The lowest BCUT2D eigenvalue weighted by atomic mass is 10.0. The van der Waals surface area contributed by atoms with Crippen molar-refractivity contribution in [2.24, 2.45) is 0 Å². The molecule has 17 heavy (non-hydrogen) atoms. The fourth-order valence-corrected chi connectivity index (χ4v) is 2.81. The quantitative estimate of drug-likeness (QED) is 0.826. The molecule has 2 aromatic rings. The molecule has 0 fully saturated rings. The van der Waals surface area contributed by atoms with Gasteiger partial charge in [0.15, 0.2) is 0 Å². The first-order valence-electron chi connectivity index (χ1n) is 5.54. The smallest absolute Gasteiger partial charge is 0.128 e. The molecule has 1 N–H and O–H groups in total. The summed E-state index contributed by atoms with van der Waals surface area (Å²) in [6.07, 6.45) is 0.829. The van der Waals surface area contributed by atoms with E-state index in [2.05, 4.69) is 27.3 Å². The van der Waals surface area contributed by atoms with E-state index in [0.717, 1.165) is 22.1 Å². The zero-order chi connectivity index (χ0) is 11.8. The van der Waals surface area contributed by atoms with Crippen molar-refractivity contribution in [2.45, 2.75) is 12.5 Å². The molecule has 1 heterocycles. The average Bonchev–Trinajstić information content (AvgIpc) is 2.75. The molecule has 0 bridgehead atoms. The van der Waals surface area contributed by atoms with Gasteiger partial charge in [0.25, 0.3) is 0 Å². The highest BCUT2D eigenvalue weighted by Gasteiger charge is 2.25. The van der Waals surface area contributed by atoms with Crippen molar-refractivity contribution in [1.82, 2.24) is 0 Å². The zero-order valence-electron chi connectivity index (χ0n) is 9.08. The molecule has 1 nitrogen and oxygen atoms in total. The van der Waals surface area contributed by atoms with Crippen molar-refractivity contribution in [2.75, 3.05) is 5.32 Å². The Labute approximate surface area is 108 Å². The molecule has 3 rings (SSSR count). The molecule has 1 aliphatic heterocycles. The zero-order valence-corrected chi connectivity index (χ0v) is 10.7. The van der Waals surface area contributed by atoms with Gasteiger partial charge in [0.2, 0.25) is 0 Å². The molecule has 0 spiro atoms. The Morgan fingerprint density at radius 2 is 1.94 bits per heavy atom. The highest BCUT2D eigenvalue weighted by atomic mass is 79.9. The van der Waals surface area contributed by atoms with Crippen LogP contribution in [0.25, 0.3) is 0 Å². The summed E-state index contributed by atoms with van der Waals surface area (Å²) in [6.45, 7) is 0. The second-order valence-electron chi connectivity index (χ2n) is 4.20. The number of halogens is 2. The van der Waals surface area contributed by atoms with E-state index in [1.165, 1.54) is 11.6 Å². The highest BCUT2D eigenvalue weighted by Crippen LogP contribution is 2.39. The van der Waals surface area contributed by atoms with E-state index in [0.29, 0.717) is 0 Å². The molecule has 86 valence electrons. The van der Waals surface area contributed by atoms with Crippen molar-refractivity contribution < 1.29 is 4.39 Å². The normalized spacial score (nSPS) is 17.6. The Hall–Kier alpha value is -1.35. The van der Waals surface area contributed by atoms with Gasteiger partial charge in [0.05, 0.1) is 11.7 Å². The summed E-state index contributed by atoms with van der Waals surface area (Å²) in [5.41, 5.74) is 3.05. The van der Waals surface area contributed by atoms with Crippen LogP contribution in [0.15, 0.2) is 46.9 Å². The van der Waals surface area contributed by atoms with Crippen LogP contribution >= 0.6 is 15.9 Å². The summed E-state index contributed by atoms with van der Waals surface area (Å²) in [6, 6.07) is 13.1. The lowest BCUT2D eigenvalue weighted by molar-refractivity contribution is 0.595. The SMILES string of the molecule is Fc1ccccc1C1Cc2cccc(Br)c2N1. The lowest BCUT2D eigenvalue weighted by Gasteiger charge is -2.12. The van der Waals surface area contributed by atoms with Crippen LogP contribution in [-0.4, -0.2) is 0 Å². The number of para-hydroxylation sites is 1. The van der Waals surface area contributed by atoms with Crippen LogP contribution in [0.2, 0.25) is 0 Å². The molecule has 0 aliphatic carbocycles. The number of anilines is 1. The molecule has 3 heteroatoms. The maximum absolute atomic E-state index is 13.7. The minimum atomic E-state index is -0.145. The Balaban J connectivity index is 1.97. The second kappa shape index (κ2) is 4.15. The summed E-state index contributed by atoms with van der Waals surface area (Å²) in [5, 5.41) is 3.37. The number of fused-ring (bicyclic) bond motifs is 1. The Morgan fingerprint density at radius 3 is 2.71 bits per heavy atom. The van der Waals surface area contributed by atoms with E-state index >= 15 is 0 Å². The largest absolute Gasteiger partial charge is 0.377 e. The predicted molar refractivity (Wildman–Crippen MR) is 70.6 cm³/mol. The van der Waals surface area contributed by atoms with Gasteiger partial charge in [-0.25, -0.2) is 4.39 Å². The molecule has 1 unspecified atom stereocenters. The van der Waals surface area contributed by atoms with Crippen molar-refractivity contribution in [3.05, 3.63) is 63.9 Å². The van der Waals surface area contributed by atoms with Crippen molar-refractivity contribution in [1.29, 1.82) is 0 Å². The summed E-state index contributed by atoms with van der Waals surface area (Å²) >= 11 is 3.51. The molecule has 0 saturated heterocycles. The summed E-state index contributed by atoms with van der Waals surface area (Å²) in [5.74, 6) is -0.145. The fourth-order valence-electron chi connectivity index (χ4n) is 2.29. The molecule has 0 aromatic heterocycles. The maximum atomic E-state index is 13.7. The van der Waals surface area contributed by atoms with Crippen LogP contribution in [-0.2, 0) is 6.42 Å². The first-order valence-corrected chi connectivity index (χ1v) is 6.33. The van der Waals surface area contributed by atoms with Crippen molar-refractivity contribution in [3.8, 4) is 0 Å². The van der Waals surface area contributed by atoms with Crippen LogP contribution in [0.4, 0.5) is 10.1 Å². The topological polar surface area (TPSA) is 12.0 Å². The third-order valence-electron chi connectivity index (χ3n) is 3.12. The standard InChI is InChI=1S/C14H11BrFN/c15-11-6-3-4-9-8-13(17-14(9)11)10-5-1-2-7-12(10)16/h1-7,13,17H,8H2. The molecule has 2 aromatic carbocycles. The van der Waals surface area contributed by atoms with Crippen LogP contribution in [0.1, 0.15) is 17.2 Å². The minimum absolute atomic E-state index is 0.0323. The van der Waals surface area contributed by atoms with E-state index in [1.54, 1.807) is 6.07 Å². The summed E-state index contributed by atoms with van der Waals surface area (Å²) in [4.78, 5) is 0. The molecule has 1 atom stereocenters. The van der Waals surface area contributed by atoms with E-state index in [1.807, 2.05) is 24.3 Å². The Morgan fingerprint density at radius 1 is 1.12 bits per heavy atom. The molecular formula is C14H11BrFN. The molecule has 0 radical (unpaired) electrons. The third-order valence-corrected chi connectivity index (χ3v) is 3.78. The maximum Gasteiger partial charge on any atom is 0.128 e. The van der Waals surface area contributed by atoms with Gasteiger partial charge in [-0.2, -0.15) is 0 Å². The van der Waals surface area contributed by atoms with Crippen molar-refractivity contribution >= 4 is 21.6 Å². The lowest BCUT2D eigenvalue weighted by Crippen LogP contribution is -2.07. The number of benzene rings is 2. The Bertz CT molecular complexity index is 568. The van der Waals surface area contributed by atoms with E-state index < -0.39 is 0 Å². The summed E-state index contributed by atoms with van der Waals surface area (Å²) in [7, 11) is 0. The molecule has 1 aliphatic rings. The van der Waals surface area contributed by atoms with E-state index in [-0.39, 0.29) is 11.9 Å². The fraction of sp³-hybridized carbons (Fsp3) is 0.143. The van der Waals surface area contributed by atoms with E-state index in [9.17, 15) is 4.39 Å². The van der Waals surface area contributed by atoms with Gasteiger partial charge in [-0.15, -0.1) is 0 Å². The van der Waals surface area contributed by atoms with Crippen LogP contribution in [0.5, 0.6) is 0 Å². The monoisotopic (exact) mass is 291 g/mol. The third kappa shape index (κ3) is 1.84. The van der Waals surface area contributed by atoms with Gasteiger partial charge in [-0.1, -0.05) is 30.3 Å². The molecule has 0 amide bonds. The van der Waals surface area contributed by atoms with Crippen LogP contribution < -0.4 is 5.32 Å². The van der Waals surface area contributed by atoms with Gasteiger partial charge < -0.3 is 5.32 Å². The molecular weight excluding hydrogens is 281 g/mol. The van der Waals surface area contributed by atoms with Gasteiger partial charge >= 0.3 is 0 Å².